The fourth-order valence-electron chi connectivity index (χ4n) is 1.71. The Morgan fingerprint density at radius 1 is 1.32 bits per heavy atom. The van der Waals surface area contributed by atoms with Crippen LogP contribution in [-0.2, 0) is 26.8 Å². The first kappa shape index (κ1) is 15.4. The lowest BCUT2D eigenvalue weighted by Gasteiger charge is -2.12. The molecular formula is C13H17NO4S. The molecule has 6 heteroatoms. The first-order valence-corrected chi connectivity index (χ1v) is 7.38. The number of carbonyl (C=O) groups is 2. The molecule has 0 fully saturated rings. The van der Waals surface area contributed by atoms with Crippen molar-refractivity contribution in [3.05, 3.63) is 29.3 Å². The van der Waals surface area contributed by atoms with Gasteiger partial charge in [-0.25, -0.2) is 0 Å². The third-order valence-electron chi connectivity index (χ3n) is 2.58. The lowest BCUT2D eigenvalue weighted by molar-refractivity contribution is -0.133. The summed E-state index contributed by atoms with van der Waals surface area (Å²) in [5, 5.41) is 11.2. The molecule has 5 nitrogen and oxygen atoms in total. The molecule has 1 aromatic carbocycles. The van der Waals surface area contributed by atoms with Crippen LogP contribution < -0.4 is 5.32 Å². The first-order chi connectivity index (χ1) is 8.93. The fraction of sp³-hybridized carbons (Fsp3) is 0.385. The summed E-state index contributed by atoms with van der Waals surface area (Å²) >= 11 is 0. The lowest BCUT2D eigenvalue weighted by atomic mass is 10.1. The van der Waals surface area contributed by atoms with Gasteiger partial charge in [-0.05, 0) is 24.5 Å². The second kappa shape index (κ2) is 7.04. The van der Waals surface area contributed by atoms with Crippen LogP contribution in [-0.4, -0.2) is 32.7 Å². The maximum Gasteiger partial charge on any atom is 0.316 e. The molecule has 19 heavy (non-hydrogen) atoms. The third-order valence-corrected chi connectivity index (χ3v) is 3.73. The number of carboxylic acid groups (broad SMARTS) is 1. The summed E-state index contributed by atoms with van der Waals surface area (Å²) in [4.78, 5) is 22.1. The van der Waals surface area contributed by atoms with E-state index in [1.54, 1.807) is 0 Å². The number of carbonyl (C=O) groups excluding carboxylic acids is 1. The molecule has 0 saturated heterocycles. The molecule has 0 aliphatic carbocycles. The number of hydrogen-bond acceptors (Lipinski definition) is 3. The molecule has 1 unspecified atom stereocenters. The Morgan fingerprint density at radius 3 is 2.58 bits per heavy atom. The van der Waals surface area contributed by atoms with Gasteiger partial charge in [0.25, 0.3) is 0 Å². The Balaban J connectivity index is 2.72. The Morgan fingerprint density at radius 2 is 2.00 bits per heavy atom. The number of benzene rings is 1. The molecule has 1 rings (SSSR count). The monoisotopic (exact) mass is 283 g/mol. The summed E-state index contributed by atoms with van der Waals surface area (Å²) in [6.45, 7) is 3.86. The third kappa shape index (κ3) is 4.82. The van der Waals surface area contributed by atoms with Crippen molar-refractivity contribution in [2.24, 2.45) is 0 Å². The number of para-hydroxylation sites is 1. The van der Waals surface area contributed by atoms with E-state index in [0.29, 0.717) is 0 Å². The highest BCUT2D eigenvalue weighted by atomic mass is 32.2. The Labute approximate surface area is 114 Å². The van der Waals surface area contributed by atoms with Gasteiger partial charge in [0, 0.05) is 16.5 Å². The topological polar surface area (TPSA) is 83.5 Å². The van der Waals surface area contributed by atoms with Crippen molar-refractivity contribution in [1.29, 1.82) is 0 Å². The van der Waals surface area contributed by atoms with Crippen molar-refractivity contribution in [3.63, 3.8) is 0 Å². The van der Waals surface area contributed by atoms with Crippen LogP contribution in [0.3, 0.4) is 0 Å². The lowest BCUT2D eigenvalue weighted by Crippen LogP contribution is -2.24. The Bertz CT molecular complexity index is 513. The van der Waals surface area contributed by atoms with Crippen LogP contribution in [0.4, 0.5) is 5.69 Å². The zero-order valence-corrected chi connectivity index (χ0v) is 11.8. The van der Waals surface area contributed by atoms with E-state index in [1.165, 1.54) is 0 Å². The van der Waals surface area contributed by atoms with Crippen LogP contribution in [0.1, 0.15) is 18.1 Å². The number of aliphatic carboxylic acids is 1. The number of anilines is 1. The van der Waals surface area contributed by atoms with Gasteiger partial charge >= 0.3 is 5.97 Å². The smallest absolute Gasteiger partial charge is 0.316 e. The minimum Gasteiger partial charge on any atom is -0.481 e. The largest absolute Gasteiger partial charge is 0.481 e. The van der Waals surface area contributed by atoms with Crippen LogP contribution in [0, 0.1) is 6.92 Å². The van der Waals surface area contributed by atoms with Crippen molar-refractivity contribution in [2.45, 2.75) is 20.3 Å². The van der Waals surface area contributed by atoms with Gasteiger partial charge in [-0.15, -0.1) is 0 Å². The quantitative estimate of drug-likeness (QED) is 0.825. The van der Waals surface area contributed by atoms with Gasteiger partial charge in [0.05, 0.1) is 0 Å². The zero-order valence-electron chi connectivity index (χ0n) is 10.9. The molecule has 0 heterocycles. The summed E-state index contributed by atoms with van der Waals surface area (Å²) < 4.78 is 11.4. The van der Waals surface area contributed by atoms with Crippen LogP contribution in [0.15, 0.2) is 18.2 Å². The van der Waals surface area contributed by atoms with Gasteiger partial charge < -0.3 is 10.4 Å². The van der Waals surface area contributed by atoms with Crippen LogP contribution in [0.2, 0.25) is 0 Å². The molecule has 0 bridgehead atoms. The van der Waals surface area contributed by atoms with E-state index in [2.05, 4.69) is 5.32 Å². The van der Waals surface area contributed by atoms with Crippen LogP contribution >= 0.6 is 0 Å². The summed E-state index contributed by atoms with van der Waals surface area (Å²) in [5.41, 5.74) is 2.65. The molecule has 1 atom stereocenters. The Kier molecular flexibility index (Phi) is 5.69. The fourth-order valence-corrected chi connectivity index (χ4v) is 2.45. The maximum absolute atomic E-state index is 11.7. The van der Waals surface area contributed by atoms with Crippen molar-refractivity contribution < 1.29 is 18.9 Å². The molecule has 0 aliphatic rings. The van der Waals surface area contributed by atoms with E-state index in [0.717, 1.165) is 23.2 Å². The number of rotatable bonds is 6. The molecule has 104 valence electrons. The van der Waals surface area contributed by atoms with E-state index < -0.39 is 28.4 Å². The van der Waals surface area contributed by atoms with Gasteiger partial charge in [0.1, 0.15) is 11.5 Å². The molecule has 0 radical (unpaired) electrons. The number of hydrogen-bond donors (Lipinski definition) is 2. The molecule has 2 N–H and O–H groups in total. The average Bonchev–Trinajstić information content (AvgIpc) is 2.30. The van der Waals surface area contributed by atoms with E-state index in [1.807, 2.05) is 32.0 Å². The van der Waals surface area contributed by atoms with E-state index in [9.17, 15) is 13.8 Å². The highest BCUT2D eigenvalue weighted by Crippen LogP contribution is 2.20. The number of aryl methyl sites for hydroxylation is 2. The number of carboxylic acids is 1. The predicted octanol–water partition coefficient (Wildman–Crippen LogP) is 1.33. The van der Waals surface area contributed by atoms with Crippen LogP contribution in [0.25, 0.3) is 0 Å². The van der Waals surface area contributed by atoms with Gasteiger partial charge in [-0.3, -0.25) is 13.8 Å². The molecule has 1 aromatic rings. The summed E-state index contributed by atoms with van der Waals surface area (Å²) in [7, 11) is -1.68. The number of nitrogens with one attached hydrogen (secondary N) is 1. The average molecular weight is 283 g/mol. The van der Waals surface area contributed by atoms with Crippen LogP contribution in [0.5, 0.6) is 0 Å². The van der Waals surface area contributed by atoms with E-state index in [-0.39, 0.29) is 5.75 Å². The van der Waals surface area contributed by atoms with E-state index in [4.69, 9.17) is 5.11 Å². The minimum atomic E-state index is -1.68. The van der Waals surface area contributed by atoms with Gasteiger partial charge in [0.15, 0.2) is 0 Å². The van der Waals surface area contributed by atoms with Crippen molar-refractivity contribution in [1.82, 2.24) is 0 Å². The maximum atomic E-state index is 11.7. The number of amides is 1. The molecule has 1 amide bonds. The normalized spacial score (nSPS) is 11.9. The van der Waals surface area contributed by atoms with Gasteiger partial charge in [-0.1, -0.05) is 25.1 Å². The SMILES string of the molecule is CCc1cccc(C)c1NC(=O)CS(=O)CC(=O)O. The van der Waals surface area contributed by atoms with E-state index >= 15 is 0 Å². The van der Waals surface area contributed by atoms with Crippen molar-refractivity contribution in [2.75, 3.05) is 16.8 Å². The zero-order chi connectivity index (χ0) is 14.4. The standard InChI is InChI=1S/C13H17NO4S/c1-3-10-6-4-5-9(2)13(10)14-11(15)7-19(18)8-12(16)17/h4-6H,3,7-8H2,1-2H3,(H,14,15)(H,16,17). The van der Waals surface area contributed by atoms with Gasteiger partial charge in [0.2, 0.25) is 5.91 Å². The van der Waals surface area contributed by atoms with Crippen molar-refractivity contribution >= 4 is 28.4 Å². The van der Waals surface area contributed by atoms with Crippen molar-refractivity contribution in [3.8, 4) is 0 Å². The summed E-state index contributed by atoms with van der Waals surface area (Å²) in [5.74, 6) is -2.41. The van der Waals surface area contributed by atoms with Gasteiger partial charge in [-0.2, -0.15) is 0 Å². The highest BCUT2D eigenvalue weighted by Gasteiger charge is 2.13. The Hall–Kier alpha value is -1.69. The first-order valence-electron chi connectivity index (χ1n) is 5.89. The molecule has 0 aliphatic heterocycles. The molecule has 0 saturated carbocycles. The second-order valence-corrected chi connectivity index (χ2v) is 5.59. The minimum absolute atomic E-state index is 0.302. The second-order valence-electron chi connectivity index (χ2n) is 4.13. The highest BCUT2D eigenvalue weighted by molar-refractivity contribution is 7.86. The molecular weight excluding hydrogens is 266 g/mol. The summed E-state index contributed by atoms with van der Waals surface area (Å²) in [6, 6.07) is 5.70. The predicted molar refractivity (Wildman–Crippen MR) is 74.7 cm³/mol. The summed E-state index contributed by atoms with van der Waals surface area (Å²) in [6.07, 6.45) is 0.773. The molecule has 0 aromatic heterocycles. The molecule has 0 spiro atoms.